The van der Waals surface area contributed by atoms with Crippen LogP contribution in [0.1, 0.15) is 61.0 Å². The Balaban J connectivity index is 2.65. The molecule has 0 radical (unpaired) electrons. The molecule has 0 heterocycles. The lowest BCUT2D eigenvalue weighted by atomic mass is 9.98. The number of hydrogen-bond acceptors (Lipinski definition) is 7. The zero-order valence-electron chi connectivity index (χ0n) is 24.5. The first kappa shape index (κ1) is 32.2. The standard InChI is InChI=1S/C28H47N3O6/c1-19(2)21(5)24(32)36-25(20(3)4)37-27(34)31(11)23-14-12-22(13-15-23)18-35-26(33)29(9)16-17-30(10)28(6,7)8/h12-15,19-21,25H,16-18H2,1-11H3/t21-,25?/m0/s1. The van der Waals surface area contributed by atoms with Gasteiger partial charge in [-0.1, -0.05) is 46.8 Å². The van der Waals surface area contributed by atoms with Crippen molar-refractivity contribution in [3.63, 3.8) is 0 Å². The molecule has 0 saturated heterocycles. The van der Waals surface area contributed by atoms with Crippen molar-refractivity contribution in [2.45, 2.75) is 73.8 Å². The van der Waals surface area contributed by atoms with Gasteiger partial charge in [0, 0.05) is 44.3 Å². The van der Waals surface area contributed by atoms with Crippen LogP contribution in [0.5, 0.6) is 0 Å². The average molecular weight is 522 g/mol. The van der Waals surface area contributed by atoms with Gasteiger partial charge in [0.15, 0.2) is 0 Å². The topological polar surface area (TPSA) is 88.6 Å². The maximum atomic E-state index is 12.7. The monoisotopic (exact) mass is 521 g/mol. The molecule has 37 heavy (non-hydrogen) atoms. The van der Waals surface area contributed by atoms with Gasteiger partial charge in [0.1, 0.15) is 6.61 Å². The molecule has 0 aliphatic rings. The average Bonchev–Trinajstić information content (AvgIpc) is 2.83. The third-order valence-electron chi connectivity index (χ3n) is 6.55. The molecule has 9 nitrogen and oxygen atoms in total. The summed E-state index contributed by atoms with van der Waals surface area (Å²) < 4.78 is 16.4. The molecule has 0 aliphatic carbocycles. The quantitative estimate of drug-likeness (QED) is 0.285. The molecular formula is C28H47N3O6. The molecule has 0 spiro atoms. The van der Waals surface area contributed by atoms with Crippen LogP contribution in [-0.2, 0) is 25.6 Å². The lowest BCUT2D eigenvalue weighted by molar-refractivity contribution is -0.180. The van der Waals surface area contributed by atoms with Crippen LogP contribution in [0.3, 0.4) is 0 Å². The van der Waals surface area contributed by atoms with E-state index in [1.165, 1.54) is 4.90 Å². The van der Waals surface area contributed by atoms with Crippen molar-refractivity contribution < 1.29 is 28.6 Å². The Kier molecular flexibility index (Phi) is 12.4. The summed E-state index contributed by atoms with van der Waals surface area (Å²) in [6, 6.07) is 7.04. The van der Waals surface area contributed by atoms with Crippen LogP contribution >= 0.6 is 0 Å². The maximum Gasteiger partial charge on any atom is 0.417 e. The number of hydrogen-bond donors (Lipinski definition) is 0. The SMILES string of the molecule is CC(C)C(OC(=O)[C@@H](C)C(C)C)OC(=O)N(C)c1ccc(COC(=O)N(C)CCN(C)C(C)(C)C)cc1. The summed E-state index contributed by atoms with van der Waals surface area (Å²) in [4.78, 5) is 42.5. The summed E-state index contributed by atoms with van der Waals surface area (Å²) in [5, 5.41) is 0. The van der Waals surface area contributed by atoms with Crippen LogP contribution in [0.15, 0.2) is 24.3 Å². The number of carbonyl (C=O) groups is 3. The van der Waals surface area contributed by atoms with Crippen molar-refractivity contribution in [1.29, 1.82) is 0 Å². The fourth-order valence-corrected chi connectivity index (χ4v) is 2.87. The van der Waals surface area contributed by atoms with Gasteiger partial charge in [-0.15, -0.1) is 0 Å². The summed E-state index contributed by atoms with van der Waals surface area (Å²) in [5.41, 5.74) is 1.40. The highest BCUT2D eigenvalue weighted by molar-refractivity contribution is 5.87. The van der Waals surface area contributed by atoms with Crippen LogP contribution in [0, 0.1) is 17.8 Å². The van der Waals surface area contributed by atoms with E-state index in [4.69, 9.17) is 14.2 Å². The summed E-state index contributed by atoms with van der Waals surface area (Å²) in [6.07, 6.45) is -2.01. The van der Waals surface area contributed by atoms with Gasteiger partial charge in [-0.2, -0.15) is 0 Å². The Morgan fingerprint density at radius 3 is 1.86 bits per heavy atom. The van der Waals surface area contributed by atoms with E-state index < -0.39 is 24.4 Å². The van der Waals surface area contributed by atoms with Gasteiger partial charge in [-0.05, 0) is 51.4 Å². The lowest BCUT2D eigenvalue weighted by Crippen LogP contribution is -2.43. The number of likely N-dealkylation sites (N-methyl/N-ethyl adjacent to an activating group) is 2. The third kappa shape index (κ3) is 10.6. The van der Waals surface area contributed by atoms with E-state index in [1.807, 2.05) is 34.7 Å². The molecule has 0 aliphatic heterocycles. The molecule has 2 atom stereocenters. The number of carbonyl (C=O) groups excluding carboxylic acids is 3. The van der Waals surface area contributed by atoms with Gasteiger partial charge in [0.05, 0.1) is 5.92 Å². The molecule has 1 aromatic rings. The zero-order valence-corrected chi connectivity index (χ0v) is 24.5. The minimum Gasteiger partial charge on any atom is -0.445 e. The van der Waals surface area contributed by atoms with Gasteiger partial charge >= 0.3 is 18.2 Å². The Morgan fingerprint density at radius 2 is 1.38 bits per heavy atom. The van der Waals surface area contributed by atoms with Crippen LogP contribution < -0.4 is 4.90 Å². The van der Waals surface area contributed by atoms with Gasteiger partial charge in [0.25, 0.3) is 6.29 Å². The van der Waals surface area contributed by atoms with E-state index in [2.05, 4.69) is 25.7 Å². The Hall–Kier alpha value is -2.81. The number of esters is 1. The summed E-state index contributed by atoms with van der Waals surface area (Å²) in [5.74, 6) is -0.782. The molecule has 2 amide bonds. The fourth-order valence-electron chi connectivity index (χ4n) is 2.87. The van der Waals surface area contributed by atoms with Crippen molar-refractivity contribution >= 4 is 23.8 Å². The summed E-state index contributed by atoms with van der Waals surface area (Å²) in [6.45, 7) is 17.1. The fraction of sp³-hybridized carbons (Fsp3) is 0.679. The van der Waals surface area contributed by atoms with Crippen LogP contribution in [0.4, 0.5) is 15.3 Å². The van der Waals surface area contributed by atoms with E-state index in [0.29, 0.717) is 12.2 Å². The molecule has 0 fully saturated rings. The van der Waals surface area contributed by atoms with E-state index in [9.17, 15) is 14.4 Å². The number of anilines is 1. The predicted octanol–water partition coefficient (Wildman–Crippen LogP) is 5.38. The molecule has 1 rings (SSSR count). The predicted molar refractivity (Wildman–Crippen MR) is 145 cm³/mol. The van der Waals surface area contributed by atoms with Gasteiger partial charge in [0.2, 0.25) is 0 Å². The van der Waals surface area contributed by atoms with Crippen LogP contribution in [0.25, 0.3) is 0 Å². The van der Waals surface area contributed by atoms with E-state index in [0.717, 1.165) is 12.1 Å². The Bertz CT molecular complexity index is 879. The molecular weight excluding hydrogens is 474 g/mol. The first-order valence-electron chi connectivity index (χ1n) is 12.9. The van der Waals surface area contributed by atoms with E-state index in [-0.39, 0.29) is 29.9 Å². The van der Waals surface area contributed by atoms with Crippen molar-refractivity contribution in [2.75, 3.05) is 39.1 Å². The number of rotatable bonds is 11. The first-order chi connectivity index (χ1) is 17.0. The molecule has 0 aromatic heterocycles. The minimum atomic E-state index is -0.984. The second-order valence-electron chi connectivity index (χ2n) is 11.3. The number of ether oxygens (including phenoxy) is 3. The molecule has 210 valence electrons. The summed E-state index contributed by atoms with van der Waals surface area (Å²) >= 11 is 0. The number of amides is 2. The molecule has 0 N–H and O–H groups in total. The Labute approximate surface area is 223 Å². The van der Waals surface area contributed by atoms with Gasteiger partial charge in [-0.3, -0.25) is 14.6 Å². The second-order valence-corrected chi connectivity index (χ2v) is 11.3. The molecule has 0 saturated carbocycles. The highest BCUT2D eigenvalue weighted by Gasteiger charge is 2.28. The van der Waals surface area contributed by atoms with Crippen molar-refractivity contribution in [3.05, 3.63) is 29.8 Å². The van der Waals surface area contributed by atoms with Crippen molar-refractivity contribution in [3.8, 4) is 0 Å². The third-order valence-corrected chi connectivity index (χ3v) is 6.55. The van der Waals surface area contributed by atoms with Gasteiger partial charge < -0.3 is 19.1 Å². The smallest absolute Gasteiger partial charge is 0.417 e. The largest absolute Gasteiger partial charge is 0.445 e. The summed E-state index contributed by atoms with van der Waals surface area (Å²) in [7, 11) is 5.32. The second kappa shape index (κ2) is 14.2. The highest BCUT2D eigenvalue weighted by Crippen LogP contribution is 2.20. The maximum absolute atomic E-state index is 12.7. The van der Waals surface area contributed by atoms with Crippen molar-refractivity contribution in [1.82, 2.24) is 9.80 Å². The molecule has 9 heteroatoms. The minimum absolute atomic E-state index is 0.0263. The lowest BCUT2D eigenvalue weighted by Gasteiger charge is -2.33. The van der Waals surface area contributed by atoms with E-state index >= 15 is 0 Å². The Morgan fingerprint density at radius 1 is 0.811 bits per heavy atom. The first-order valence-corrected chi connectivity index (χ1v) is 12.9. The van der Waals surface area contributed by atoms with Gasteiger partial charge in [-0.25, -0.2) is 9.59 Å². The van der Waals surface area contributed by atoms with Crippen molar-refractivity contribution in [2.24, 2.45) is 17.8 Å². The molecule has 0 bridgehead atoms. The molecule has 1 unspecified atom stereocenters. The van der Waals surface area contributed by atoms with E-state index in [1.54, 1.807) is 50.2 Å². The normalized spacial score (nSPS) is 13.4. The number of nitrogens with zero attached hydrogens (tertiary/aromatic N) is 3. The van der Waals surface area contributed by atoms with Crippen LogP contribution in [0.2, 0.25) is 0 Å². The zero-order chi connectivity index (χ0) is 28.5. The highest BCUT2D eigenvalue weighted by atomic mass is 16.7. The van der Waals surface area contributed by atoms with Crippen LogP contribution in [-0.4, -0.2) is 74.0 Å². The number of benzene rings is 1. The molecule has 1 aromatic carbocycles.